The Morgan fingerprint density at radius 2 is 1.96 bits per heavy atom. The molecule has 0 atom stereocenters. The molecule has 2 fully saturated rings. The maximum absolute atomic E-state index is 11.9. The molecule has 1 aromatic rings. The summed E-state index contributed by atoms with van der Waals surface area (Å²) in [5.41, 5.74) is 12.8. The maximum Gasteiger partial charge on any atom is 0.234 e. The number of nitrogens with two attached hydrogens (primary N) is 2. The van der Waals surface area contributed by atoms with Crippen molar-refractivity contribution < 1.29 is 4.79 Å². The summed E-state index contributed by atoms with van der Waals surface area (Å²) in [4.78, 5) is 25.1. The van der Waals surface area contributed by atoms with Crippen LogP contribution in [0.2, 0.25) is 0 Å². The Labute approximate surface area is 149 Å². The Hall–Kier alpha value is -1.93. The highest BCUT2D eigenvalue weighted by atomic mass is 16.2. The minimum atomic E-state index is 0.0818. The quantitative estimate of drug-likeness (QED) is 0.682. The zero-order chi connectivity index (χ0) is 18.0. The topological polar surface area (TPSA) is 113 Å². The van der Waals surface area contributed by atoms with Gasteiger partial charge in [0, 0.05) is 50.2 Å². The first kappa shape index (κ1) is 17.9. The molecule has 2 aliphatic rings. The van der Waals surface area contributed by atoms with Gasteiger partial charge < -0.3 is 21.7 Å². The number of aromatic nitrogens is 2. The molecule has 1 saturated heterocycles. The van der Waals surface area contributed by atoms with Crippen molar-refractivity contribution in [3.63, 3.8) is 0 Å². The number of piperazine rings is 1. The van der Waals surface area contributed by atoms with Crippen molar-refractivity contribution in [2.75, 3.05) is 43.4 Å². The van der Waals surface area contributed by atoms with Crippen LogP contribution in [0.15, 0.2) is 6.07 Å². The van der Waals surface area contributed by atoms with Crippen LogP contribution in [0.5, 0.6) is 0 Å². The molecule has 5 N–H and O–H groups in total. The highest BCUT2D eigenvalue weighted by Gasteiger charge is 2.30. The van der Waals surface area contributed by atoms with Crippen LogP contribution in [0.25, 0.3) is 0 Å². The van der Waals surface area contributed by atoms with Crippen molar-refractivity contribution in [3.05, 3.63) is 11.8 Å². The fourth-order valence-corrected chi connectivity index (χ4v) is 3.45. The van der Waals surface area contributed by atoms with Crippen molar-refractivity contribution in [3.8, 4) is 0 Å². The Morgan fingerprint density at radius 3 is 2.56 bits per heavy atom. The molecule has 25 heavy (non-hydrogen) atoms. The second-order valence-electron chi connectivity index (χ2n) is 7.42. The lowest BCUT2D eigenvalue weighted by atomic mass is 9.78. The van der Waals surface area contributed by atoms with Crippen LogP contribution in [-0.2, 0) is 4.79 Å². The number of nitrogens with zero attached hydrogens (tertiary/aromatic N) is 4. The van der Waals surface area contributed by atoms with E-state index in [4.69, 9.17) is 11.5 Å². The van der Waals surface area contributed by atoms with Crippen molar-refractivity contribution in [1.82, 2.24) is 20.2 Å². The molecule has 3 rings (SSSR count). The summed E-state index contributed by atoms with van der Waals surface area (Å²) in [5.74, 6) is 1.69. The summed E-state index contributed by atoms with van der Waals surface area (Å²) in [6, 6.07) is 2.51. The van der Waals surface area contributed by atoms with Crippen LogP contribution < -0.4 is 21.7 Å². The lowest BCUT2D eigenvalue weighted by molar-refractivity contribution is -0.122. The molecule has 8 nitrogen and oxygen atoms in total. The zero-order valence-electron chi connectivity index (χ0n) is 15.1. The molecule has 2 heterocycles. The number of rotatable bonds is 5. The van der Waals surface area contributed by atoms with E-state index in [1.807, 2.05) is 19.9 Å². The van der Waals surface area contributed by atoms with Gasteiger partial charge in [-0.05, 0) is 26.7 Å². The molecule has 1 aliphatic heterocycles. The van der Waals surface area contributed by atoms with Gasteiger partial charge in [0.1, 0.15) is 5.82 Å². The predicted molar refractivity (Wildman–Crippen MR) is 98.3 cm³/mol. The maximum atomic E-state index is 11.9. The second-order valence-corrected chi connectivity index (χ2v) is 7.42. The Kier molecular flexibility index (Phi) is 5.39. The van der Waals surface area contributed by atoms with E-state index in [-0.39, 0.29) is 18.0 Å². The lowest BCUT2D eigenvalue weighted by Gasteiger charge is -2.36. The molecule has 0 unspecified atom stereocenters. The smallest absolute Gasteiger partial charge is 0.234 e. The summed E-state index contributed by atoms with van der Waals surface area (Å²) in [5, 5.41) is 2.94. The Bertz CT molecular complexity index is 607. The number of anilines is 2. The number of carbonyl (C=O) groups is 1. The molecule has 1 saturated carbocycles. The standard InChI is InChI=1S/C17H29N7O/c1-11(2)20-16(25)10-23-3-5-24(6-4-23)15-9-14(21-17(19)22-15)12-7-13(18)8-12/h9,11-13H,3-8,10,18H2,1-2H3,(H,20,25)(H2,19,21,22). The molecule has 8 heteroatoms. The van der Waals surface area contributed by atoms with Crippen LogP contribution in [0.4, 0.5) is 11.8 Å². The van der Waals surface area contributed by atoms with Crippen molar-refractivity contribution >= 4 is 17.7 Å². The number of carbonyl (C=O) groups excluding carboxylic acids is 1. The third-order valence-electron chi connectivity index (χ3n) is 4.86. The first-order valence-corrected chi connectivity index (χ1v) is 9.07. The molecule has 138 valence electrons. The third kappa shape index (κ3) is 4.58. The number of nitrogen functional groups attached to an aromatic ring is 1. The van der Waals surface area contributed by atoms with Crippen LogP contribution in [0.1, 0.15) is 38.3 Å². The van der Waals surface area contributed by atoms with E-state index in [0.717, 1.165) is 50.5 Å². The molecular weight excluding hydrogens is 318 g/mol. The molecule has 1 aliphatic carbocycles. The first-order valence-electron chi connectivity index (χ1n) is 9.07. The Balaban J connectivity index is 1.56. The minimum Gasteiger partial charge on any atom is -0.368 e. The van der Waals surface area contributed by atoms with Crippen molar-refractivity contribution in [2.45, 2.75) is 44.7 Å². The fraction of sp³-hybridized carbons (Fsp3) is 0.706. The number of hydrogen-bond acceptors (Lipinski definition) is 7. The molecular formula is C17H29N7O. The van der Waals surface area contributed by atoms with Crippen molar-refractivity contribution in [2.24, 2.45) is 5.73 Å². The van der Waals surface area contributed by atoms with E-state index >= 15 is 0 Å². The molecule has 1 aromatic heterocycles. The van der Waals surface area contributed by atoms with Crippen LogP contribution in [0.3, 0.4) is 0 Å². The minimum absolute atomic E-state index is 0.0818. The largest absolute Gasteiger partial charge is 0.368 e. The van der Waals surface area contributed by atoms with Gasteiger partial charge in [-0.1, -0.05) is 0 Å². The number of nitrogens with one attached hydrogen (secondary N) is 1. The SMILES string of the molecule is CC(C)NC(=O)CN1CCN(c2cc(C3CC(N)C3)nc(N)n2)CC1. The van der Waals surface area contributed by atoms with E-state index in [9.17, 15) is 4.79 Å². The highest BCUT2D eigenvalue weighted by molar-refractivity contribution is 5.78. The molecule has 1 amide bonds. The number of hydrogen-bond donors (Lipinski definition) is 3. The van der Waals surface area contributed by atoms with Crippen LogP contribution in [-0.4, -0.2) is 65.6 Å². The van der Waals surface area contributed by atoms with Gasteiger partial charge in [-0.15, -0.1) is 0 Å². The van der Waals surface area contributed by atoms with Gasteiger partial charge in [-0.2, -0.15) is 4.98 Å². The van der Waals surface area contributed by atoms with Crippen molar-refractivity contribution in [1.29, 1.82) is 0 Å². The predicted octanol–water partition coefficient (Wildman–Crippen LogP) is -0.0899. The van der Waals surface area contributed by atoms with E-state index in [2.05, 4.69) is 25.1 Å². The summed E-state index contributed by atoms with van der Waals surface area (Å²) < 4.78 is 0. The summed E-state index contributed by atoms with van der Waals surface area (Å²) in [6.45, 7) is 7.72. The highest BCUT2D eigenvalue weighted by Crippen LogP contribution is 2.35. The molecule has 0 spiro atoms. The van der Waals surface area contributed by atoms with Gasteiger partial charge in [0.25, 0.3) is 0 Å². The van der Waals surface area contributed by atoms with Gasteiger partial charge in [0.2, 0.25) is 11.9 Å². The number of amides is 1. The third-order valence-corrected chi connectivity index (χ3v) is 4.86. The first-order chi connectivity index (χ1) is 11.9. The zero-order valence-corrected chi connectivity index (χ0v) is 15.1. The lowest BCUT2D eigenvalue weighted by Crippen LogP contribution is -2.50. The van der Waals surface area contributed by atoms with E-state index in [0.29, 0.717) is 18.4 Å². The van der Waals surface area contributed by atoms with E-state index < -0.39 is 0 Å². The average molecular weight is 347 g/mol. The fourth-order valence-electron chi connectivity index (χ4n) is 3.45. The molecule has 0 aromatic carbocycles. The van der Waals surface area contributed by atoms with Gasteiger partial charge >= 0.3 is 0 Å². The molecule has 0 bridgehead atoms. The van der Waals surface area contributed by atoms with Crippen LogP contribution in [0, 0.1) is 0 Å². The summed E-state index contributed by atoms with van der Waals surface area (Å²) in [6.07, 6.45) is 1.93. The average Bonchev–Trinajstić information content (AvgIpc) is 2.51. The summed E-state index contributed by atoms with van der Waals surface area (Å²) in [7, 11) is 0. The molecule has 0 radical (unpaired) electrons. The van der Waals surface area contributed by atoms with E-state index in [1.54, 1.807) is 0 Å². The van der Waals surface area contributed by atoms with Crippen LogP contribution >= 0.6 is 0 Å². The normalized spacial score (nSPS) is 24.2. The van der Waals surface area contributed by atoms with Gasteiger partial charge in [0.05, 0.1) is 12.2 Å². The Morgan fingerprint density at radius 1 is 1.28 bits per heavy atom. The van der Waals surface area contributed by atoms with E-state index in [1.165, 1.54) is 0 Å². The van der Waals surface area contributed by atoms with Gasteiger partial charge in [0.15, 0.2) is 0 Å². The summed E-state index contributed by atoms with van der Waals surface area (Å²) >= 11 is 0. The monoisotopic (exact) mass is 347 g/mol. The van der Waals surface area contributed by atoms with Gasteiger partial charge in [-0.3, -0.25) is 9.69 Å². The second kappa shape index (κ2) is 7.53. The van der Waals surface area contributed by atoms with Gasteiger partial charge in [-0.25, -0.2) is 4.98 Å².